The smallest absolute Gasteiger partial charge is 0.270 e. The number of fused-ring (bicyclic) bond motifs is 1. The van der Waals surface area contributed by atoms with Gasteiger partial charge in [0.15, 0.2) is 5.82 Å². The fourth-order valence-corrected chi connectivity index (χ4v) is 4.29. The predicted octanol–water partition coefficient (Wildman–Crippen LogP) is 5.18. The van der Waals surface area contributed by atoms with E-state index in [1.165, 1.54) is 34.6 Å². The Morgan fingerprint density at radius 3 is 2.69 bits per heavy atom. The molecule has 0 saturated heterocycles. The van der Waals surface area contributed by atoms with Crippen LogP contribution in [0.4, 0.5) is 17.5 Å². The van der Waals surface area contributed by atoms with Gasteiger partial charge in [0.1, 0.15) is 0 Å². The molecule has 0 fully saturated rings. The van der Waals surface area contributed by atoms with E-state index in [2.05, 4.69) is 57.6 Å². The van der Waals surface area contributed by atoms with Crippen LogP contribution in [0, 0.1) is 24.0 Å². The summed E-state index contributed by atoms with van der Waals surface area (Å²) in [5.41, 5.74) is 5.65. The first-order chi connectivity index (χ1) is 15.5. The number of nitro groups is 1. The van der Waals surface area contributed by atoms with Crippen molar-refractivity contribution in [2.24, 2.45) is 0 Å². The van der Waals surface area contributed by atoms with Crippen molar-refractivity contribution >= 4 is 33.8 Å². The highest BCUT2D eigenvalue weighted by Gasteiger charge is 2.14. The molecule has 0 atom stereocenters. The number of nitrogens with zero attached hydrogens (tertiary/aromatic N) is 6. The maximum absolute atomic E-state index is 11.0. The molecule has 0 unspecified atom stereocenters. The lowest BCUT2D eigenvalue weighted by Crippen LogP contribution is -1.99. The molecule has 0 aliphatic heterocycles. The quantitative estimate of drug-likeness (QED) is 0.294. The summed E-state index contributed by atoms with van der Waals surface area (Å²) >= 11 is 1.51. The molecule has 5 rings (SSSR count). The molecule has 3 heterocycles. The zero-order valence-electron chi connectivity index (χ0n) is 17.2. The third kappa shape index (κ3) is 3.67. The van der Waals surface area contributed by atoms with Crippen molar-refractivity contribution in [1.82, 2.24) is 24.8 Å². The Morgan fingerprint density at radius 2 is 1.94 bits per heavy atom. The maximum atomic E-state index is 11.0. The first kappa shape index (κ1) is 19.8. The number of nitrogens with one attached hydrogen (secondary N) is 1. The van der Waals surface area contributed by atoms with Crippen LogP contribution in [0.2, 0.25) is 0 Å². The van der Waals surface area contributed by atoms with Crippen molar-refractivity contribution in [3.8, 4) is 22.5 Å². The zero-order valence-corrected chi connectivity index (χ0v) is 18.0. The summed E-state index contributed by atoms with van der Waals surface area (Å²) in [7, 11) is 0. The van der Waals surface area contributed by atoms with Crippen LogP contribution in [-0.4, -0.2) is 29.7 Å². The molecule has 0 spiro atoms. The van der Waals surface area contributed by atoms with Gasteiger partial charge in [-0.05, 0) is 31.5 Å². The van der Waals surface area contributed by atoms with Crippen molar-refractivity contribution in [1.29, 1.82) is 0 Å². The summed E-state index contributed by atoms with van der Waals surface area (Å²) in [5.74, 6) is 0.894. The minimum absolute atomic E-state index is 0.00778. The average Bonchev–Trinajstić information content (AvgIpc) is 3.35. The fraction of sp³-hybridized carbons (Fsp3) is 0.0909. The molecule has 0 amide bonds. The van der Waals surface area contributed by atoms with E-state index >= 15 is 0 Å². The third-order valence-electron chi connectivity index (χ3n) is 5.00. The molecule has 1 N–H and O–H groups in total. The van der Waals surface area contributed by atoms with E-state index in [1.54, 1.807) is 24.3 Å². The Morgan fingerprint density at radius 1 is 1.06 bits per heavy atom. The summed E-state index contributed by atoms with van der Waals surface area (Å²) in [5, 5.41) is 29.0. The van der Waals surface area contributed by atoms with Crippen molar-refractivity contribution in [2.75, 3.05) is 5.32 Å². The Balaban J connectivity index is 1.40. The summed E-state index contributed by atoms with van der Waals surface area (Å²) in [6.45, 7) is 4.16. The predicted molar refractivity (Wildman–Crippen MR) is 123 cm³/mol. The van der Waals surface area contributed by atoms with Gasteiger partial charge in [-0.15, -0.1) is 26.6 Å². The second-order valence-corrected chi connectivity index (χ2v) is 8.14. The molecule has 0 aliphatic carbocycles. The number of aryl methyl sites for hydroxylation is 2. The fourth-order valence-electron chi connectivity index (χ4n) is 3.47. The number of nitro benzene ring substituents is 1. The van der Waals surface area contributed by atoms with E-state index in [1.807, 2.05) is 9.90 Å². The van der Waals surface area contributed by atoms with Crippen LogP contribution < -0.4 is 5.32 Å². The summed E-state index contributed by atoms with van der Waals surface area (Å²) in [6, 6.07) is 16.1. The number of hydrogen-bond donors (Lipinski definition) is 1. The molecule has 9 nitrogen and oxygen atoms in total. The highest BCUT2D eigenvalue weighted by Crippen LogP contribution is 2.29. The topological polar surface area (TPSA) is 111 Å². The van der Waals surface area contributed by atoms with Gasteiger partial charge in [0.05, 0.1) is 16.3 Å². The van der Waals surface area contributed by atoms with Gasteiger partial charge in [0.2, 0.25) is 10.9 Å². The second kappa shape index (κ2) is 7.82. The highest BCUT2D eigenvalue weighted by atomic mass is 32.1. The van der Waals surface area contributed by atoms with Gasteiger partial charge in [-0.3, -0.25) is 10.1 Å². The number of non-ortho nitro benzene ring substituents is 1. The molecule has 5 aromatic rings. The lowest BCUT2D eigenvalue weighted by atomic mass is 10.0. The first-order valence-electron chi connectivity index (χ1n) is 9.75. The Labute approximate surface area is 186 Å². The minimum atomic E-state index is -0.435. The molecule has 3 aromatic heterocycles. The van der Waals surface area contributed by atoms with E-state index in [4.69, 9.17) is 0 Å². The van der Waals surface area contributed by atoms with E-state index < -0.39 is 4.92 Å². The van der Waals surface area contributed by atoms with Crippen molar-refractivity contribution in [3.05, 3.63) is 81.2 Å². The van der Waals surface area contributed by atoms with Crippen LogP contribution in [0.3, 0.4) is 0 Å². The van der Waals surface area contributed by atoms with E-state index in [0.717, 1.165) is 16.2 Å². The van der Waals surface area contributed by atoms with Crippen LogP contribution >= 0.6 is 11.3 Å². The molecule has 158 valence electrons. The summed E-state index contributed by atoms with van der Waals surface area (Å²) < 4.78 is 1.82. The van der Waals surface area contributed by atoms with E-state index in [0.29, 0.717) is 23.0 Å². The summed E-state index contributed by atoms with van der Waals surface area (Å²) in [6.07, 6.45) is 0. The van der Waals surface area contributed by atoms with Crippen LogP contribution in [-0.2, 0) is 0 Å². The van der Waals surface area contributed by atoms with Gasteiger partial charge in [-0.2, -0.15) is 4.98 Å². The van der Waals surface area contributed by atoms with Crippen LogP contribution in [0.25, 0.3) is 27.5 Å². The average molecular weight is 443 g/mol. The molecule has 0 bridgehead atoms. The van der Waals surface area contributed by atoms with Gasteiger partial charge < -0.3 is 5.32 Å². The maximum Gasteiger partial charge on any atom is 0.270 e. The number of rotatable bonds is 5. The van der Waals surface area contributed by atoms with Crippen LogP contribution in [0.5, 0.6) is 0 Å². The molecule has 0 radical (unpaired) electrons. The second-order valence-electron chi connectivity index (χ2n) is 7.31. The van der Waals surface area contributed by atoms with Crippen molar-refractivity contribution in [2.45, 2.75) is 13.8 Å². The standard InChI is InChI=1S/C22H17N7O2S/c1-13-6-7-17(14(2)10-13)19-12-32-22-24-21(27-28(19)22)23-20-9-8-18(25-26-20)15-4-3-5-16(11-15)29(30)31/h3-12H,1-2H3,(H,23,26,27). The van der Waals surface area contributed by atoms with Gasteiger partial charge in [0, 0.05) is 28.6 Å². The largest absolute Gasteiger partial charge is 0.306 e. The monoisotopic (exact) mass is 443 g/mol. The molecule has 32 heavy (non-hydrogen) atoms. The van der Waals surface area contributed by atoms with Crippen LogP contribution in [0.1, 0.15) is 11.1 Å². The van der Waals surface area contributed by atoms with Gasteiger partial charge in [-0.1, -0.05) is 35.9 Å². The minimum Gasteiger partial charge on any atom is -0.306 e. The number of thiazole rings is 1. The lowest BCUT2D eigenvalue weighted by Gasteiger charge is -2.05. The molecular formula is C22H17N7O2S. The lowest BCUT2D eigenvalue weighted by molar-refractivity contribution is -0.384. The van der Waals surface area contributed by atoms with Gasteiger partial charge in [0.25, 0.3) is 5.69 Å². The normalized spacial score (nSPS) is 11.1. The SMILES string of the molecule is Cc1ccc(-c2csc3nc(Nc4ccc(-c5cccc([N+](=O)[O-])c5)nn4)nn23)c(C)c1. The number of anilines is 2. The Bertz CT molecular complexity index is 1460. The van der Waals surface area contributed by atoms with E-state index in [-0.39, 0.29) is 5.69 Å². The molecule has 0 saturated carbocycles. The van der Waals surface area contributed by atoms with Crippen molar-refractivity contribution < 1.29 is 4.92 Å². The molecular weight excluding hydrogens is 426 g/mol. The first-order valence-corrected chi connectivity index (χ1v) is 10.6. The number of aromatic nitrogens is 5. The highest BCUT2D eigenvalue weighted by molar-refractivity contribution is 7.15. The number of benzene rings is 2. The molecule has 10 heteroatoms. The Hall–Kier alpha value is -4.18. The van der Waals surface area contributed by atoms with Crippen molar-refractivity contribution in [3.63, 3.8) is 0 Å². The molecule has 0 aliphatic rings. The molecule has 2 aromatic carbocycles. The Kier molecular flexibility index (Phi) is 4.83. The van der Waals surface area contributed by atoms with Gasteiger partial charge in [-0.25, -0.2) is 4.52 Å². The summed E-state index contributed by atoms with van der Waals surface area (Å²) in [4.78, 5) is 15.8. The van der Waals surface area contributed by atoms with Crippen LogP contribution in [0.15, 0.2) is 60.0 Å². The number of hydrogen-bond acceptors (Lipinski definition) is 8. The van der Waals surface area contributed by atoms with Gasteiger partial charge >= 0.3 is 0 Å². The third-order valence-corrected chi connectivity index (χ3v) is 5.81. The zero-order chi connectivity index (χ0) is 22.2. The van der Waals surface area contributed by atoms with E-state index in [9.17, 15) is 10.1 Å².